The number of anilines is 2. The summed E-state index contributed by atoms with van der Waals surface area (Å²) in [4.78, 5) is 12.0. The Balaban J connectivity index is 1.75. The molecule has 0 spiro atoms. The van der Waals surface area contributed by atoms with Gasteiger partial charge in [-0.3, -0.25) is 4.79 Å². The first-order chi connectivity index (χ1) is 11.7. The Morgan fingerprint density at radius 3 is 2.83 bits per heavy atom. The van der Waals surface area contributed by atoms with Gasteiger partial charge in [0.2, 0.25) is 11.0 Å². The van der Waals surface area contributed by atoms with Crippen LogP contribution < -0.4 is 10.6 Å². The fourth-order valence-corrected chi connectivity index (χ4v) is 3.41. The molecule has 126 valence electrons. The number of nitrogens with one attached hydrogen (secondary N) is 2. The number of carbonyl (C=O) groups is 1. The van der Waals surface area contributed by atoms with Gasteiger partial charge in [-0.25, -0.2) is 0 Å². The minimum atomic E-state index is -0.0938. The van der Waals surface area contributed by atoms with Crippen molar-refractivity contribution >= 4 is 39.8 Å². The summed E-state index contributed by atoms with van der Waals surface area (Å²) in [5.41, 5.74) is 1.66. The van der Waals surface area contributed by atoms with Gasteiger partial charge in [-0.05, 0) is 24.1 Å². The lowest BCUT2D eigenvalue weighted by Crippen LogP contribution is -2.13. The molecular weight excluding hydrogens is 342 g/mol. The van der Waals surface area contributed by atoms with Crippen LogP contribution >= 0.6 is 23.1 Å². The fourth-order valence-electron chi connectivity index (χ4n) is 1.83. The number of aromatic nitrogens is 2. The maximum absolute atomic E-state index is 12.0. The topological polar surface area (TPSA) is 90.7 Å². The maximum atomic E-state index is 12.0. The van der Waals surface area contributed by atoms with Crippen LogP contribution in [0.4, 0.5) is 10.8 Å². The summed E-state index contributed by atoms with van der Waals surface area (Å²) in [7, 11) is 0. The zero-order valence-corrected chi connectivity index (χ0v) is 15.0. The molecule has 0 aliphatic rings. The molecule has 0 radical (unpaired) electrons. The van der Waals surface area contributed by atoms with Crippen LogP contribution in [0.5, 0.6) is 0 Å². The van der Waals surface area contributed by atoms with Gasteiger partial charge in [0.25, 0.3) is 0 Å². The van der Waals surface area contributed by atoms with Gasteiger partial charge in [0.15, 0.2) is 4.34 Å². The van der Waals surface area contributed by atoms with Gasteiger partial charge in [-0.15, -0.1) is 10.2 Å². The highest BCUT2D eigenvalue weighted by Crippen LogP contribution is 2.25. The van der Waals surface area contributed by atoms with Gasteiger partial charge in [0.05, 0.1) is 18.2 Å². The van der Waals surface area contributed by atoms with Crippen molar-refractivity contribution in [3.05, 3.63) is 29.8 Å². The summed E-state index contributed by atoms with van der Waals surface area (Å²) in [6, 6.07) is 9.37. The first-order valence-corrected chi connectivity index (χ1v) is 9.47. The summed E-state index contributed by atoms with van der Waals surface area (Å²) in [5, 5.41) is 23.6. The average Bonchev–Trinajstić information content (AvgIpc) is 3.03. The van der Waals surface area contributed by atoms with E-state index < -0.39 is 0 Å². The number of unbranched alkanes of at least 4 members (excludes halogenated alkanes) is 1. The number of nitriles is 1. The van der Waals surface area contributed by atoms with Crippen LogP contribution in [-0.4, -0.2) is 28.4 Å². The summed E-state index contributed by atoms with van der Waals surface area (Å²) >= 11 is 2.83. The van der Waals surface area contributed by atoms with Gasteiger partial charge in [0, 0.05) is 12.2 Å². The van der Waals surface area contributed by atoms with Crippen LogP contribution in [-0.2, 0) is 11.2 Å². The van der Waals surface area contributed by atoms with E-state index in [4.69, 9.17) is 5.26 Å². The first-order valence-electron chi connectivity index (χ1n) is 7.67. The number of rotatable bonds is 9. The minimum Gasteiger partial charge on any atom is -0.360 e. The number of carbonyl (C=O) groups excluding carboxylic acids is 1. The third-order valence-electron chi connectivity index (χ3n) is 3.06. The van der Waals surface area contributed by atoms with Gasteiger partial charge in [0.1, 0.15) is 0 Å². The van der Waals surface area contributed by atoms with E-state index in [1.54, 1.807) is 12.1 Å². The van der Waals surface area contributed by atoms with E-state index in [0.717, 1.165) is 40.1 Å². The summed E-state index contributed by atoms with van der Waals surface area (Å²) < 4.78 is 0.772. The van der Waals surface area contributed by atoms with Gasteiger partial charge in [-0.1, -0.05) is 48.6 Å². The van der Waals surface area contributed by atoms with Crippen molar-refractivity contribution < 1.29 is 4.79 Å². The Bertz CT molecular complexity index is 693. The van der Waals surface area contributed by atoms with E-state index in [2.05, 4.69) is 33.8 Å². The van der Waals surface area contributed by atoms with Crippen molar-refractivity contribution in [2.45, 2.75) is 30.5 Å². The van der Waals surface area contributed by atoms with E-state index in [1.165, 1.54) is 23.1 Å². The highest BCUT2D eigenvalue weighted by molar-refractivity contribution is 8.01. The molecule has 1 aromatic heterocycles. The molecule has 0 fully saturated rings. The molecule has 0 unspecified atom stereocenters. The molecular formula is C16H19N5OS2. The number of hydrogen-bond donors (Lipinski definition) is 2. The van der Waals surface area contributed by atoms with Crippen LogP contribution in [0.15, 0.2) is 28.6 Å². The van der Waals surface area contributed by atoms with Crippen LogP contribution in [0, 0.1) is 11.3 Å². The number of amides is 1. The summed E-state index contributed by atoms with van der Waals surface area (Å²) in [6.07, 6.45) is 2.60. The van der Waals surface area contributed by atoms with Gasteiger partial charge < -0.3 is 10.6 Å². The van der Waals surface area contributed by atoms with E-state index >= 15 is 0 Å². The SMILES string of the molecule is CCCCNc1nnc(SCC(=O)Nc2ccc(CC#N)cc2)s1. The average molecular weight is 361 g/mol. The quantitative estimate of drug-likeness (QED) is 0.524. The molecule has 0 saturated heterocycles. The highest BCUT2D eigenvalue weighted by Gasteiger charge is 2.08. The van der Waals surface area contributed by atoms with Crippen molar-refractivity contribution in [2.75, 3.05) is 22.9 Å². The molecule has 8 heteroatoms. The molecule has 1 amide bonds. The van der Waals surface area contributed by atoms with Crippen molar-refractivity contribution in [3.8, 4) is 6.07 Å². The lowest BCUT2D eigenvalue weighted by molar-refractivity contribution is -0.113. The fraction of sp³-hybridized carbons (Fsp3) is 0.375. The molecule has 2 aromatic rings. The van der Waals surface area contributed by atoms with E-state index in [-0.39, 0.29) is 11.7 Å². The zero-order chi connectivity index (χ0) is 17.2. The van der Waals surface area contributed by atoms with Crippen molar-refractivity contribution in [3.63, 3.8) is 0 Å². The molecule has 0 aliphatic heterocycles. The van der Waals surface area contributed by atoms with Gasteiger partial charge >= 0.3 is 0 Å². The Kier molecular flexibility index (Phi) is 7.52. The molecule has 0 aliphatic carbocycles. The second kappa shape index (κ2) is 9.90. The van der Waals surface area contributed by atoms with E-state index in [9.17, 15) is 4.79 Å². The molecule has 0 saturated carbocycles. The highest BCUT2D eigenvalue weighted by atomic mass is 32.2. The molecule has 1 heterocycles. The van der Waals surface area contributed by atoms with Crippen LogP contribution in [0.1, 0.15) is 25.3 Å². The lowest BCUT2D eigenvalue weighted by Gasteiger charge is -2.04. The second-order valence-electron chi connectivity index (χ2n) is 5.02. The molecule has 2 N–H and O–H groups in total. The zero-order valence-electron chi connectivity index (χ0n) is 13.4. The molecule has 2 rings (SSSR count). The van der Waals surface area contributed by atoms with Crippen molar-refractivity contribution in [2.24, 2.45) is 0 Å². The number of thioether (sulfide) groups is 1. The predicted octanol–water partition coefficient (Wildman–Crippen LogP) is 3.55. The Hall–Kier alpha value is -2.11. The molecule has 0 atom stereocenters. The third kappa shape index (κ3) is 6.18. The Morgan fingerprint density at radius 2 is 2.12 bits per heavy atom. The lowest BCUT2D eigenvalue weighted by atomic mass is 10.1. The molecule has 6 nitrogen and oxygen atoms in total. The standard InChI is InChI=1S/C16H19N5OS2/c1-2-3-10-18-15-20-21-16(24-15)23-11-14(22)19-13-6-4-12(5-7-13)8-9-17/h4-7H,2-3,8,10-11H2,1H3,(H,18,20)(H,19,22). The monoisotopic (exact) mass is 361 g/mol. The second-order valence-corrected chi connectivity index (χ2v) is 7.22. The van der Waals surface area contributed by atoms with Crippen LogP contribution in [0.3, 0.4) is 0 Å². The number of benzene rings is 1. The predicted molar refractivity (Wildman–Crippen MR) is 98.4 cm³/mol. The van der Waals surface area contributed by atoms with Crippen LogP contribution in [0.25, 0.3) is 0 Å². The molecule has 24 heavy (non-hydrogen) atoms. The summed E-state index contributed by atoms with van der Waals surface area (Å²) in [6.45, 7) is 3.02. The smallest absolute Gasteiger partial charge is 0.234 e. The first kappa shape index (κ1) is 18.2. The maximum Gasteiger partial charge on any atom is 0.234 e. The number of nitrogens with zero attached hydrogens (tertiary/aromatic N) is 3. The molecule has 0 bridgehead atoms. The van der Waals surface area contributed by atoms with E-state index in [1.807, 2.05) is 12.1 Å². The normalized spacial score (nSPS) is 10.2. The third-order valence-corrected chi connectivity index (χ3v) is 5.07. The van der Waals surface area contributed by atoms with Gasteiger partial charge in [-0.2, -0.15) is 5.26 Å². The number of hydrogen-bond acceptors (Lipinski definition) is 7. The largest absolute Gasteiger partial charge is 0.360 e. The van der Waals surface area contributed by atoms with Crippen molar-refractivity contribution in [1.29, 1.82) is 5.26 Å². The Morgan fingerprint density at radius 1 is 1.33 bits per heavy atom. The van der Waals surface area contributed by atoms with Crippen molar-refractivity contribution in [1.82, 2.24) is 10.2 Å². The Labute approximate surface area is 149 Å². The minimum absolute atomic E-state index is 0.0938. The summed E-state index contributed by atoms with van der Waals surface area (Å²) in [5.74, 6) is 0.188. The molecule has 1 aromatic carbocycles. The van der Waals surface area contributed by atoms with Crippen LogP contribution in [0.2, 0.25) is 0 Å². The van der Waals surface area contributed by atoms with E-state index in [0.29, 0.717) is 6.42 Å².